The Morgan fingerprint density at radius 3 is 1.75 bits per heavy atom. The van der Waals surface area contributed by atoms with E-state index in [-0.39, 0.29) is 75.4 Å². The highest BCUT2D eigenvalue weighted by atomic mass is 35.5. The van der Waals surface area contributed by atoms with Crippen LogP contribution in [0.4, 0.5) is 0 Å². The molecule has 0 aliphatic carbocycles. The number of ether oxygens (including phenoxy) is 7. The van der Waals surface area contributed by atoms with Gasteiger partial charge >= 0.3 is 7.94 Å². The van der Waals surface area contributed by atoms with Gasteiger partial charge < -0.3 is 142 Å². The highest BCUT2D eigenvalue weighted by Gasteiger charge is 2.63. The number of amides is 8. The third-order valence-electron chi connectivity index (χ3n) is 27.2. The molecule has 764 valence electrons. The van der Waals surface area contributed by atoms with Gasteiger partial charge in [-0.05, 0) is 185 Å². The molecule has 0 saturated carbocycles. The lowest BCUT2D eigenvalue weighted by Crippen LogP contribution is -2.65. The summed E-state index contributed by atoms with van der Waals surface area (Å²) in [6.45, 7) is 4.33. The van der Waals surface area contributed by atoms with Crippen LogP contribution in [0.25, 0.3) is 11.1 Å². The summed E-state index contributed by atoms with van der Waals surface area (Å²) in [4.78, 5) is 131. The molecule has 11 heterocycles. The molecular weight excluding hydrogens is 1910 g/mol. The van der Waals surface area contributed by atoms with Crippen LogP contribution in [0.5, 0.6) is 69.0 Å². The van der Waals surface area contributed by atoms with E-state index in [9.17, 15) is 61.0 Å². The first-order valence-electron chi connectivity index (χ1n) is 48.3. The number of nitrogens with zero attached hydrogens (tertiary/aromatic N) is 4. The molecule has 43 heteroatoms. The van der Waals surface area contributed by atoms with Gasteiger partial charge in [0.05, 0.1) is 23.3 Å². The summed E-state index contributed by atoms with van der Waals surface area (Å²) >= 11 is 15.5. The highest BCUT2D eigenvalue weighted by molar-refractivity contribution is 7.64. The standard InChI is InChI=1S/C99H122Cl2N13O27P/c1-5-6-7-8-9-10-11-12-20-74(120)105-83-87(124)85(122)72(49-115)138-98(83)140-90-70-43-55-44-71(90)136-66-30-25-54(41-62(66)100)84(121)82-97(133)109-80(92(128)103-31-19-32-111(3)4)60-45-56(117)46-68(137-99-89(126)88(125)86(123)73(50-116)139-99)75(60)59-40-52(23-28-64(59)118)78(94(130)110-82)106-95(131)79(55)107-96(132)81-61-47-58(48-69(76(61)101)141-142(112-33-13-14-34-112,113-35-15-16-36-113)114-37-17-18-38-114)135-67-42-53(24-29-65(67)119)77(102-2)93(129)104-63(91(127)108-81)39-51-21-26-57(134-70)27-22-51/h21-30,40-48,63,72-73,77-89,98-99,102,115-116,121-126H,5-20,31-39,49-50H2,1-4H3,(H10-,103,104,105,106,107,108,109,110,117,118,119,120,127,128,129,130,131,132,133)/p+1/t63-,72-,73-,77+,78-,79-,80+,81+,82+,83-,84-,85-,86-,87-,88+,89+,98+,99+/m1/s1. The number of benzene rings is 7. The third-order valence-corrected chi connectivity index (χ3v) is 31.7. The van der Waals surface area contributed by atoms with Crippen LogP contribution < -0.4 is 76.1 Å². The number of fused-ring (bicyclic) bond motifs is 14. The van der Waals surface area contributed by atoms with Gasteiger partial charge in [-0.25, -0.2) is 0 Å². The van der Waals surface area contributed by atoms with E-state index in [4.69, 9.17) is 60.9 Å². The lowest BCUT2D eigenvalue weighted by atomic mass is 9.89. The van der Waals surface area contributed by atoms with Gasteiger partial charge in [0, 0.05) is 87.5 Å². The number of hydrogen-bond acceptors (Lipinski definition) is 32. The van der Waals surface area contributed by atoms with E-state index < -0.39 is 246 Å². The Bertz CT molecular complexity index is 5720. The molecule has 18 atom stereocenters. The molecule has 7 aromatic carbocycles. The van der Waals surface area contributed by atoms with E-state index in [1.807, 2.05) is 4.90 Å². The predicted molar refractivity (Wildman–Crippen MR) is 515 cm³/mol. The number of aliphatic hydroxyl groups excluding tert-OH is 8. The largest absolute Gasteiger partial charge is 0.508 e. The normalized spacial score (nSPS) is 26.7. The molecule has 0 aromatic heterocycles. The van der Waals surface area contributed by atoms with E-state index >= 15 is 33.6 Å². The first-order valence-corrected chi connectivity index (χ1v) is 50.6. The van der Waals surface area contributed by atoms with Gasteiger partial charge in [-0.2, -0.15) is 0 Å². The maximum Gasteiger partial charge on any atom is 0.417 e. The van der Waals surface area contributed by atoms with Crippen molar-refractivity contribution >= 4 is 78.4 Å². The maximum atomic E-state index is 17.4. The molecule has 7 aromatic rings. The van der Waals surface area contributed by atoms with E-state index in [2.05, 4.69) is 68.8 Å². The number of phenolic OH excluding ortho intramolecular Hbond substituents is 3. The summed E-state index contributed by atoms with van der Waals surface area (Å²) in [5.41, 5.74) is -2.01. The fraction of sp³-hybridized carbons (Fsp3) is 0.495. The lowest BCUT2D eigenvalue weighted by Gasteiger charge is -2.42. The number of halogens is 2. The molecule has 11 aliphatic rings. The van der Waals surface area contributed by atoms with Crippen LogP contribution in [-0.2, 0) is 54.3 Å². The first kappa shape index (κ1) is 104. The van der Waals surface area contributed by atoms with Gasteiger partial charge in [-0.1, -0.05) is 105 Å². The quantitative estimate of drug-likeness (QED) is 0.0194. The molecule has 18 rings (SSSR count). The number of likely N-dealkylation sites (N-methyl/N-ethyl adjacent to an activating group) is 1. The SMILES string of the molecule is CCCCCCCCCCC(=O)N[C@H]1[C@H](Oc2c3cc4cc2Oc2ccc(cc2Cl)[C@@H](O)[C@@H]2NC(=O)[C@H](NC(=O)[C@@H]4NC(=O)[C@H]4NC(=O)[C@@H](Cc5ccc(cc5)O3)NC(=O)[C@@H](NC)c3ccc(O)c(c3)Oc3cc(O[P+](N5CCCC5)(N5CCCC5)N5CCCC5)c(Cl)c4c3)c3ccc(O)c(c3)-c3c(O[C@H]4O[C@H](CO)[C@@H](O)[C@H](O)[C@@H]4O)cc(O)cc3[C@@H](C(=O)NCCCN(C)C)NC2=O)O[C@H](CO)[C@@H](O)[C@@H]1O. The van der Waals surface area contributed by atoms with Crippen molar-refractivity contribution in [3.63, 3.8) is 0 Å². The summed E-state index contributed by atoms with van der Waals surface area (Å²) in [5, 5.41) is 153. The van der Waals surface area contributed by atoms with Crippen LogP contribution in [0, 0.1) is 0 Å². The zero-order chi connectivity index (χ0) is 101. The number of hydrogen-bond donors (Lipinski definition) is 20. The monoisotopic (exact) mass is 2030 g/mol. The Kier molecular flexibility index (Phi) is 33.5. The van der Waals surface area contributed by atoms with Crippen LogP contribution in [-0.4, -0.2) is 282 Å². The zero-order valence-corrected chi connectivity index (χ0v) is 81.3. The molecule has 5 fully saturated rings. The molecule has 0 spiro atoms. The van der Waals surface area contributed by atoms with Crippen LogP contribution in [0.1, 0.15) is 185 Å². The summed E-state index contributed by atoms with van der Waals surface area (Å²) < 4.78 is 61.1. The smallest absolute Gasteiger partial charge is 0.417 e. The molecule has 0 unspecified atom stereocenters. The van der Waals surface area contributed by atoms with Crippen molar-refractivity contribution in [1.29, 1.82) is 0 Å². The Morgan fingerprint density at radius 2 is 1.11 bits per heavy atom. The van der Waals surface area contributed by atoms with E-state index in [1.165, 1.54) is 67.7 Å². The van der Waals surface area contributed by atoms with Gasteiger partial charge in [0.1, 0.15) is 132 Å². The molecule has 11 aliphatic heterocycles. The van der Waals surface area contributed by atoms with Crippen LogP contribution in [0.15, 0.2) is 115 Å². The van der Waals surface area contributed by atoms with Crippen molar-refractivity contribution in [2.24, 2.45) is 0 Å². The van der Waals surface area contributed by atoms with Crippen molar-refractivity contribution in [2.75, 3.05) is 86.7 Å². The van der Waals surface area contributed by atoms with Gasteiger partial charge in [0.25, 0.3) is 0 Å². The molecule has 40 nitrogen and oxygen atoms in total. The lowest BCUT2D eigenvalue weighted by molar-refractivity contribution is -0.277. The summed E-state index contributed by atoms with van der Waals surface area (Å²) in [5.74, 6) is -13.8. The van der Waals surface area contributed by atoms with Crippen molar-refractivity contribution < 1.29 is 132 Å². The van der Waals surface area contributed by atoms with E-state index in [1.54, 1.807) is 26.2 Å². The molecule has 0 radical (unpaired) electrons. The number of unbranched alkanes of at least 4 members (excludes halogenated alkanes) is 7. The Morgan fingerprint density at radius 1 is 0.521 bits per heavy atom. The molecule has 5 saturated heterocycles. The number of nitrogens with one attached hydrogen (secondary N) is 9. The Balaban J connectivity index is 0.930. The number of carbonyl (C=O) groups excluding carboxylic acids is 8. The van der Waals surface area contributed by atoms with Crippen molar-refractivity contribution in [3.05, 3.63) is 164 Å². The van der Waals surface area contributed by atoms with Crippen molar-refractivity contribution in [2.45, 2.75) is 226 Å². The molecule has 20 N–H and O–H groups in total. The molecule has 17 bridgehead atoms. The van der Waals surface area contributed by atoms with Crippen LogP contribution in [0.2, 0.25) is 10.0 Å². The first-order chi connectivity index (χ1) is 68.3. The molecular formula is C99H123Cl2N13O27P+. The Labute approximate surface area is 829 Å². The fourth-order valence-corrected chi connectivity index (χ4v) is 24.4. The van der Waals surface area contributed by atoms with Gasteiger partial charge in [0.15, 0.2) is 23.0 Å². The molecule has 8 amide bonds. The van der Waals surface area contributed by atoms with Crippen LogP contribution >= 0.6 is 31.1 Å². The average molecular weight is 2030 g/mol. The second-order valence-electron chi connectivity index (χ2n) is 37.4. The minimum atomic E-state index is -3.20. The number of phenols is 3. The summed E-state index contributed by atoms with van der Waals surface area (Å²) in [7, 11) is 1.87. The van der Waals surface area contributed by atoms with Crippen molar-refractivity contribution in [1.82, 2.24) is 66.8 Å². The third kappa shape index (κ3) is 22.7. The number of aromatic hydroxyl groups is 3. The average Bonchev–Trinajstić information content (AvgIpc) is 1.65. The van der Waals surface area contributed by atoms with Crippen molar-refractivity contribution in [3.8, 4) is 80.1 Å². The van der Waals surface area contributed by atoms with E-state index in [0.717, 1.165) is 120 Å². The van der Waals surface area contributed by atoms with Gasteiger partial charge in [-0.3, -0.25) is 42.9 Å². The second kappa shape index (κ2) is 45.9. The zero-order valence-electron chi connectivity index (χ0n) is 78.9. The summed E-state index contributed by atoms with van der Waals surface area (Å²) in [6.07, 6.45) is -7.70. The highest BCUT2D eigenvalue weighted by Crippen LogP contribution is 2.71. The summed E-state index contributed by atoms with van der Waals surface area (Å²) in [6, 6.07) is 8.33. The molecule has 142 heavy (non-hydrogen) atoms. The minimum absolute atomic E-state index is 0.0589. The fourth-order valence-electron chi connectivity index (χ4n) is 19.6. The maximum absolute atomic E-state index is 17.4. The predicted octanol–water partition coefficient (Wildman–Crippen LogP) is 6.47. The van der Waals surface area contributed by atoms with Gasteiger partial charge in [-0.15, -0.1) is 14.0 Å². The number of carbonyl (C=O) groups is 8. The second-order valence-corrected chi connectivity index (χ2v) is 41.1. The minimum Gasteiger partial charge on any atom is -0.508 e. The van der Waals surface area contributed by atoms with Gasteiger partial charge in [0.2, 0.25) is 71.3 Å². The Hall–Kier alpha value is -11.1. The number of aliphatic hydroxyl groups is 8. The topological polar surface area (TPSA) is 554 Å². The van der Waals surface area contributed by atoms with Crippen LogP contribution in [0.3, 0.4) is 0 Å². The number of rotatable bonds is 27. The van der Waals surface area contributed by atoms with E-state index in [0.29, 0.717) is 70.6 Å².